The van der Waals surface area contributed by atoms with Crippen LogP contribution < -0.4 is 20.7 Å². The van der Waals surface area contributed by atoms with Crippen LogP contribution in [-0.2, 0) is 22.4 Å². The Kier molecular flexibility index (Phi) is 6.03. The van der Waals surface area contributed by atoms with Crippen molar-refractivity contribution < 1.29 is 9.53 Å². The molecule has 0 atom stereocenters. The fourth-order valence-corrected chi connectivity index (χ4v) is 4.13. The molecule has 1 saturated heterocycles. The second kappa shape index (κ2) is 8.87. The molecule has 0 aliphatic carbocycles. The predicted octanol–water partition coefficient (Wildman–Crippen LogP) is 1.87. The number of rotatable bonds is 6. The van der Waals surface area contributed by atoms with Crippen LogP contribution in [0.1, 0.15) is 30.2 Å². The molecule has 1 aromatic carbocycles. The predicted molar refractivity (Wildman–Crippen MR) is 118 cm³/mol. The molecular formula is C22H29N5O3. The fourth-order valence-electron chi connectivity index (χ4n) is 4.13. The quantitative estimate of drug-likeness (QED) is 0.754. The van der Waals surface area contributed by atoms with Crippen molar-refractivity contribution in [3.8, 4) is 0 Å². The number of hydrogen-bond donors (Lipinski definition) is 2. The summed E-state index contributed by atoms with van der Waals surface area (Å²) in [5.74, 6) is 0.472. The monoisotopic (exact) mass is 411 g/mol. The van der Waals surface area contributed by atoms with E-state index in [1.165, 1.54) is 11.3 Å². The van der Waals surface area contributed by atoms with E-state index in [4.69, 9.17) is 4.74 Å². The van der Waals surface area contributed by atoms with Gasteiger partial charge >= 0.3 is 0 Å². The third-order valence-corrected chi connectivity index (χ3v) is 5.86. The number of aryl methyl sites for hydroxylation is 1. The summed E-state index contributed by atoms with van der Waals surface area (Å²) in [5.41, 5.74) is 4.38. The molecule has 8 nitrogen and oxygen atoms in total. The van der Waals surface area contributed by atoms with Crippen molar-refractivity contribution in [1.82, 2.24) is 9.97 Å². The molecule has 0 saturated carbocycles. The van der Waals surface area contributed by atoms with E-state index >= 15 is 0 Å². The number of aromatic nitrogens is 2. The van der Waals surface area contributed by atoms with Crippen molar-refractivity contribution in [1.29, 1.82) is 0 Å². The highest BCUT2D eigenvalue weighted by Crippen LogP contribution is 2.30. The smallest absolute Gasteiger partial charge is 0.255 e. The minimum atomic E-state index is -0.173. The zero-order chi connectivity index (χ0) is 21.1. The number of nitrogens with one attached hydrogen (secondary N) is 2. The summed E-state index contributed by atoms with van der Waals surface area (Å²) in [6.45, 7) is 8.62. The minimum Gasteiger partial charge on any atom is -0.378 e. The molecule has 2 aliphatic heterocycles. The molecule has 1 fully saturated rings. The van der Waals surface area contributed by atoms with E-state index in [-0.39, 0.29) is 17.9 Å². The molecule has 30 heavy (non-hydrogen) atoms. The normalized spacial score (nSPS) is 15.9. The van der Waals surface area contributed by atoms with Crippen molar-refractivity contribution in [3.63, 3.8) is 0 Å². The van der Waals surface area contributed by atoms with Crippen LogP contribution in [0.5, 0.6) is 0 Å². The number of carbonyl (C=O) groups excluding carboxylic acids is 1. The summed E-state index contributed by atoms with van der Waals surface area (Å²) in [4.78, 5) is 36.8. The lowest BCUT2D eigenvalue weighted by Gasteiger charge is -2.27. The number of hydrogen-bond acceptors (Lipinski definition) is 6. The number of likely N-dealkylation sites (N-methyl/N-ethyl adjacent to an activating group) is 1. The fraction of sp³-hybridized carbons (Fsp3) is 0.500. The molecule has 3 heterocycles. The summed E-state index contributed by atoms with van der Waals surface area (Å²) >= 11 is 0. The van der Waals surface area contributed by atoms with Gasteiger partial charge in [0, 0.05) is 55.2 Å². The Morgan fingerprint density at radius 2 is 2.07 bits per heavy atom. The lowest BCUT2D eigenvalue weighted by atomic mass is 10.1. The van der Waals surface area contributed by atoms with Crippen LogP contribution in [0.25, 0.3) is 0 Å². The summed E-state index contributed by atoms with van der Waals surface area (Å²) < 4.78 is 5.35. The molecular weight excluding hydrogens is 382 g/mol. The molecule has 160 valence electrons. The van der Waals surface area contributed by atoms with Crippen molar-refractivity contribution in [2.45, 2.75) is 33.1 Å². The number of fused-ring (bicyclic) bond motifs is 1. The maximum absolute atomic E-state index is 12.6. The van der Waals surface area contributed by atoms with Crippen LogP contribution >= 0.6 is 0 Å². The van der Waals surface area contributed by atoms with Gasteiger partial charge in [0.05, 0.1) is 13.2 Å². The van der Waals surface area contributed by atoms with Crippen LogP contribution in [0, 0.1) is 6.92 Å². The van der Waals surface area contributed by atoms with Gasteiger partial charge < -0.3 is 19.9 Å². The van der Waals surface area contributed by atoms with E-state index in [1.54, 1.807) is 0 Å². The number of ether oxygens (including phenoxy) is 1. The summed E-state index contributed by atoms with van der Waals surface area (Å²) in [6.07, 6.45) is 1.64. The van der Waals surface area contributed by atoms with Crippen molar-refractivity contribution in [3.05, 3.63) is 45.4 Å². The SMILES string of the molecule is CCN1CCc2ccc(NC(=O)CCc3c(C)nc(N4CCOCC4)[nH]c3=O)cc21. The summed E-state index contributed by atoms with van der Waals surface area (Å²) in [7, 11) is 0. The Balaban J connectivity index is 1.39. The summed E-state index contributed by atoms with van der Waals surface area (Å²) in [5, 5.41) is 2.97. The van der Waals surface area contributed by atoms with Gasteiger partial charge in [0.2, 0.25) is 11.9 Å². The first-order valence-corrected chi connectivity index (χ1v) is 10.7. The van der Waals surface area contributed by atoms with Crippen LogP contribution in [0.15, 0.2) is 23.0 Å². The van der Waals surface area contributed by atoms with E-state index in [1.807, 2.05) is 24.0 Å². The van der Waals surface area contributed by atoms with Crippen molar-refractivity contribution in [2.24, 2.45) is 0 Å². The van der Waals surface area contributed by atoms with Crippen LogP contribution in [0.4, 0.5) is 17.3 Å². The number of morpholine rings is 1. The molecule has 0 unspecified atom stereocenters. The molecule has 0 radical (unpaired) electrons. The maximum atomic E-state index is 12.6. The zero-order valence-corrected chi connectivity index (χ0v) is 17.7. The topological polar surface area (TPSA) is 90.6 Å². The maximum Gasteiger partial charge on any atom is 0.255 e. The van der Waals surface area contributed by atoms with Gasteiger partial charge in [-0.3, -0.25) is 14.6 Å². The molecule has 2 N–H and O–H groups in total. The Morgan fingerprint density at radius 3 is 2.80 bits per heavy atom. The van der Waals surface area contributed by atoms with Crippen molar-refractivity contribution >= 4 is 23.2 Å². The second-order valence-electron chi connectivity index (χ2n) is 7.77. The highest BCUT2D eigenvalue weighted by Gasteiger charge is 2.19. The molecule has 0 spiro atoms. The number of H-pyrrole nitrogens is 1. The standard InChI is InChI=1S/C22H29N5O3/c1-3-26-9-8-16-4-5-17(14-19(16)26)24-20(28)7-6-18-15(2)23-22(25-21(18)29)27-10-12-30-13-11-27/h4-5,14H,3,6-13H2,1-2H3,(H,24,28)(H,23,25,29). The van der Waals surface area contributed by atoms with E-state index in [0.717, 1.165) is 25.2 Å². The third-order valence-electron chi connectivity index (χ3n) is 5.86. The van der Waals surface area contributed by atoms with E-state index in [0.29, 0.717) is 49.9 Å². The minimum absolute atomic E-state index is 0.105. The highest BCUT2D eigenvalue weighted by molar-refractivity contribution is 5.91. The number of amides is 1. The van der Waals surface area contributed by atoms with E-state index in [2.05, 4.69) is 33.2 Å². The first-order valence-electron chi connectivity index (χ1n) is 10.7. The number of benzene rings is 1. The number of anilines is 3. The average Bonchev–Trinajstić information content (AvgIpc) is 3.16. The molecule has 0 bridgehead atoms. The van der Waals surface area contributed by atoms with Crippen LogP contribution in [-0.4, -0.2) is 55.3 Å². The van der Waals surface area contributed by atoms with Gasteiger partial charge in [0.15, 0.2) is 0 Å². The zero-order valence-electron chi connectivity index (χ0n) is 17.7. The molecule has 2 aliphatic rings. The highest BCUT2D eigenvalue weighted by atomic mass is 16.5. The Hall–Kier alpha value is -2.87. The second-order valence-corrected chi connectivity index (χ2v) is 7.77. The Morgan fingerprint density at radius 1 is 1.27 bits per heavy atom. The first kappa shape index (κ1) is 20.4. The average molecular weight is 412 g/mol. The van der Waals surface area contributed by atoms with E-state index < -0.39 is 0 Å². The van der Waals surface area contributed by atoms with Crippen LogP contribution in [0.3, 0.4) is 0 Å². The largest absolute Gasteiger partial charge is 0.378 e. The van der Waals surface area contributed by atoms with Gasteiger partial charge in [-0.25, -0.2) is 4.98 Å². The Bertz CT molecular complexity index is 981. The molecule has 1 amide bonds. The lowest BCUT2D eigenvalue weighted by molar-refractivity contribution is -0.116. The number of carbonyl (C=O) groups is 1. The number of aromatic amines is 1. The molecule has 4 rings (SSSR count). The first-order chi connectivity index (χ1) is 14.5. The lowest BCUT2D eigenvalue weighted by Crippen LogP contribution is -2.38. The Labute approximate surface area is 176 Å². The van der Waals surface area contributed by atoms with Gasteiger partial charge in [-0.2, -0.15) is 0 Å². The van der Waals surface area contributed by atoms with Gasteiger partial charge in [-0.05, 0) is 44.4 Å². The van der Waals surface area contributed by atoms with Crippen LogP contribution in [0.2, 0.25) is 0 Å². The molecule has 2 aromatic rings. The van der Waals surface area contributed by atoms with Gasteiger partial charge in [-0.15, -0.1) is 0 Å². The molecule has 8 heteroatoms. The van der Waals surface area contributed by atoms with E-state index in [9.17, 15) is 9.59 Å². The van der Waals surface area contributed by atoms with Gasteiger partial charge in [0.1, 0.15) is 0 Å². The van der Waals surface area contributed by atoms with Gasteiger partial charge in [0.25, 0.3) is 5.56 Å². The van der Waals surface area contributed by atoms with Crippen molar-refractivity contribution in [2.75, 3.05) is 54.5 Å². The molecule has 1 aromatic heterocycles. The summed E-state index contributed by atoms with van der Waals surface area (Å²) in [6, 6.07) is 6.08. The third kappa shape index (κ3) is 4.33. The van der Waals surface area contributed by atoms with Gasteiger partial charge in [-0.1, -0.05) is 6.07 Å². The number of nitrogens with zero attached hydrogens (tertiary/aromatic N) is 3.